The van der Waals surface area contributed by atoms with Gasteiger partial charge in [-0.1, -0.05) is 58.5 Å². The Morgan fingerprint density at radius 1 is 1.20 bits per heavy atom. The van der Waals surface area contributed by atoms with Crippen LogP contribution in [0.25, 0.3) is 0 Å². The van der Waals surface area contributed by atoms with Gasteiger partial charge in [0.05, 0.1) is 6.61 Å². The van der Waals surface area contributed by atoms with E-state index in [1.165, 1.54) is 0 Å². The third kappa shape index (κ3) is 4.89. The quantitative estimate of drug-likeness (QED) is 0.793. The number of alkyl halides is 3. The molecule has 0 fully saturated rings. The molecule has 1 aromatic carbocycles. The van der Waals surface area contributed by atoms with Gasteiger partial charge in [-0.15, -0.1) is 0 Å². The lowest BCUT2D eigenvalue weighted by atomic mass is 10.2. The molecule has 1 rings (SSSR count). The summed E-state index contributed by atoms with van der Waals surface area (Å²) in [5.74, 6) is 0. The average Bonchev–Trinajstić information content (AvgIpc) is 2.15. The van der Waals surface area contributed by atoms with E-state index < -0.39 is 14.2 Å². The lowest BCUT2D eigenvalue weighted by molar-refractivity contribution is 0.337. The van der Waals surface area contributed by atoms with Gasteiger partial charge in [0, 0.05) is 5.02 Å². The smallest absolute Gasteiger partial charge is 0.282 e. The van der Waals surface area contributed by atoms with Crippen LogP contribution in [-0.4, -0.2) is 7.33 Å². The Morgan fingerprint density at radius 2 is 1.73 bits per heavy atom. The van der Waals surface area contributed by atoms with Crippen molar-refractivity contribution >= 4 is 57.5 Å². The third-order valence-corrected chi connectivity index (χ3v) is 3.53. The van der Waals surface area contributed by atoms with Crippen LogP contribution >= 0.6 is 46.4 Å². The second-order valence-electron chi connectivity index (χ2n) is 2.57. The molecule has 0 amide bonds. The fourth-order valence-electron chi connectivity index (χ4n) is 0.769. The summed E-state index contributed by atoms with van der Waals surface area (Å²) in [6, 6.07) is 6.85. The van der Waals surface area contributed by atoms with Gasteiger partial charge in [-0.25, -0.2) is 4.21 Å². The Balaban J connectivity index is 2.51. The molecule has 0 aromatic heterocycles. The molecule has 15 heavy (non-hydrogen) atoms. The maximum Gasteiger partial charge on any atom is 0.292 e. The van der Waals surface area contributed by atoms with Crippen LogP contribution in [0.1, 0.15) is 5.56 Å². The lowest BCUT2D eigenvalue weighted by Crippen LogP contribution is -2.14. The minimum atomic E-state index is -1.98. The normalized spacial score (nSPS) is 13.9. The van der Waals surface area contributed by atoms with Crippen molar-refractivity contribution in [3.05, 3.63) is 34.9 Å². The Bertz CT molecular complexity index is 347. The Labute approximate surface area is 110 Å². The van der Waals surface area contributed by atoms with E-state index >= 15 is 0 Å². The predicted molar refractivity (Wildman–Crippen MR) is 64.7 cm³/mol. The first-order valence-electron chi connectivity index (χ1n) is 3.76. The summed E-state index contributed by atoms with van der Waals surface area (Å²) in [6.45, 7) is 0.0949. The first-order valence-corrected chi connectivity index (χ1v) is 6.34. The van der Waals surface area contributed by atoms with Gasteiger partial charge < -0.3 is 0 Å². The van der Waals surface area contributed by atoms with Gasteiger partial charge in [0.1, 0.15) is 0 Å². The molecule has 0 heterocycles. The van der Waals surface area contributed by atoms with Crippen LogP contribution in [0, 0.1) is 0 Å². The Hall–Kier alpha value is 0.490. The number of halogens is 4. The molecule has 0 radical (unpaired) electrons. The van der Waals surface area contributed by atoms with Crippen molar-refractivity contribution < 1.29 is 8.39 Å². The Kier molecular flexibility index (Phi) is 5.16. The number of hydrogen-bond acceptors (Lipinski definition) is 2. The topological polar surface area (TPSA) is 26.3 Å². The molecule has 1 aromatic rings. The maximum absolute atomic E-state index is 11.2. The maximum atomic E-state index is 11.2. The minimum Gasteiger partial charge on any atom is -0.282 e. The van der Waals surface area contributed by atoms with Crippen molar-refractivity contribution in [3.63, 3.8) is 0 Å². The molecule has 0 spiro atoms. The van der Waals surface area contributed by atoms with E-state index in [9.17, 15) is 4.21 Å². The number of benzene rings is 1. The summed E-state index contributed by atoms with van der Waals surface area (Å²) < 4.78 is 14.1. The molecule has 1 unspecified atom stereocenters. The van der Waals surface area contributed by atoms with Crippen LogP contribution in [0.15, 0.2) is 24.3 Å². The minimum absolute atomic E-state index is 0.0949. The summed E-state index contributed by atoms with van der Waals surface area (Å²) in [5, 5.41) is 0.612. The van der Waals surface area contributed by atoms with Crippen LogP contribution in [0.2, 0.25) is 5.02 Å². The van der Waals surface area contributed by atoms with Gasteiger partial charge in [-0.05, 0) is 17.7 Å². The summed E-state index contributed by atoms with van der Waals surface area (Å²) in [6.07, 6.45) is 0. The molecule has 0 saturated heterocycles. The van der Waals surface area contributed by atoms with Crippen LogP contribution in [0.3, 0.4) is 0 Å². The van der Waals surface area contributed by atoms with Crippen LogP contribution in [0.4, 0.5) is 0 Å². The molecule has 0 aliphatic carbocycles. The van der Waals surface area contributed by atoms with Crippen LogP contribution in [0.5, 0.6) is 0 Å². The molecule has 0 N–H and O–H groups in total. The zero-order valence-corrected chi connectivity index (χ0v) is 11.1. The molecule has 0 aliphatic heterocycles. The van der Waals surface area contributed by atoms with Gasteiger partial charge >= 0.3 is 0 Å². The van der Waals surface area contributed by atoms with E-state index in [1.807, 2.05) is 0 Å². The molecule has 2 nitrogen and oxygen atoms in total. The zero-order chi connectivity index (χ0) is 11.5. The fourth-order valence-corrected chi connectivity index (χ4v) is 1.67. The highest BCUT2D eigenvalue weighted by molar-refractivity contribution is 7.86. The van der Waals surface area contributed by atoms with E-state index in [-0.39, 0.29) is 6.61 Å². The van der Waals surface area contributed by atoms with Crippen molar-refractivity contribution in [2.24, 2.45) is 0 Å². The Morgan fingerprint density at radius 3 is 2.20 bits per heavy atom. The molecule has 0 aliphatic rings. The first kappa shape index (κ1) is 13.6. The summed E-state index contributed by atoms with van der Waals surface area (Å²) in [4.78, 5) is 0. The predicted octanol–water partition coefficient (Wildman–Crippen LogP) is 3.85. The molecule has 84 valence electrons. The van der Waals surface area contributed by atoms with Crippen LogP contribution < -0.4 is 0 Å². The summed E-state index contributed by atoms with van der Waals surface area (Å²) in [5.41, 5.74) is 0.794. The molecule has 0 saturated carbocycles. The molecule has 1 atom stereocenters. The first-order chi connectivity index (χ1) is 6.89. The summed E-state index contributed by atoms with van der Waals surface area (Å²) in [7, 11) is 0. The highest BCUT2D eigenvalue weighted by Crippen LogP contribution is 2.31. The second-order valence-corrected chi connectivity index (χ2v) is 7.28. The van der Waals surface area contributed by atoms with Gasteiger partial charge in [0.25, 0.3) is 3.12 Å². The molecule has 7 heteroatoms. The van der Waals surface area contributed by atoms with Gasteiger partial charge in [0.15, 0.2) is 0 Å². The van der Waals surface area contributed by atoms with E-state index in [0.717, 1.165) is 5.56 Å². The van der Waals surface area contributed by atoms with E-state index in [0.29, 0.717) is 5.02 Å². The monoisotopic (exact) mass is 306 g/mol. The average molecular weight is 308 g/mol. The van der Waals surface area contributed by atoms with Crippen molar-refractivity contribution in [2.45, 2.75) is 9.73 Å². The molecule has 0 bridgehead atoms. The second kappa shape index (κ2) is 5.71. The van der Waals surface area contributed by atoms with Crippen molar-refractivity contribution in [1.82, 2.24) is 0 Å². The van der Waals surface area contributed by atoms with Crippen molar-refractivity contribution in [1.29, 1.82) is 0 Å². The van der Waals surface area contributed by atoms with Crippen molar-refractivity contribution in [2.75, 3.05) is 0 Å². The number of rotatable bonds is 3. The highest BCUT2D eigenvalue weighted by Gasteiger charge is 2.30. The van der Waals surface area contributed by atoms with Gasteiger partial charge in [-0.2, -0.15) is 0 Å². The number of hydrogen-bond donors (Lipinski definition) is 0. The standard InChI is InChI=1S/C8H6Cl4O2S/c9-7-3-1-6(2-4-7)5-14-15(13)8(10,11)12/h1-4H,5H2. The van der Waals surface area contributed by atoms with Crippen LogP contribution in [-0.2, 0) is 21.9 Å². The fraction of sp³-hybridized carbons (Fsp3) is 0.250. The van der Waals surface area contributed by atoms with Crippen molar-refractivity contribution in [3.8, 4) is 0 Å². The molecular weight excluding hydrogens is 302 g/mol. The highest BCUT2D eigenvalue weighted by atomic mass is 35.6. The van der Waals surface area contributed by atoms with E-state index in [4.69, 9.17) is 50.6 Å². The van der Waals surface area contributed by atoms with E-state index in [1.54, 1.807) is 24.3 Å². The zero-order valence-electron chi connectivity index (χ0n) is 7.25. The lowest BCUT2D eigenvalue weighted by Gasteiger charge is -2.09. The molecular formula is C8H6Cl4O2S. The van der Waals surface area contributed by atoms with Gasteiger partial charge in [-0.3, -0.25) is 4.18 Å². The van der Waals surface area contributed by atoms with Gasteiger partial charge in [0.2, 0.25) is 11.1 Å². The van der Waals surface area contributed by atoms with E-state index in [2.05, 4.69) is 0 Å². The third-order valence-electron chi connectivity index (χ3n) is 1.43. The summed E-state index contributed by atoms with van der Waals surface area (Å²) >= 11 is 19.8. The SMILES string of the molecule is O=S(OCc1ccc(Cl)cc1)C(Cl)(Cl)Cl. The largest absolute Gasteiger partial charge is 0.292 e.